The lowest BCUT2D eigenvalue weighted by Crippen LogP contribution is -2.41. The molecule has 1 aliphatic carbocycles. The Bertz CT molecular complexity index is 527. The summed E-state index contributed by atoms with van der Waals surface area (Å²) >= 11 is 0. The molecule has 2 aliphatic rings. The van der Waals surface area contributed by atoms with Gasteiger partial charge in [0.15, 0.2) is 0 Å². The van der Waals surface area contributed by atoms with Crippen molar-refractivity contribution < 1.29 is 9.53 Å². The van der Waals surface area contributed by atoms with Gasteiger partial charge in [-0.05, 0) is 24.5 Å². The van der Waals surface area contributed by atoms with Crippen molar-refractivity contribution in [1.29, 1.82) is 0 Å². The van der Waals surface area contributed by atoms with Crippen molar-refractivity contribution in [1.82, 2.24) is 4.90 Å². The largest absolute Gasteiger partial charge is 0.379 e. The fraction of sp³-hybridized carbons (Fsp3) is 0.471. The number of anilines is 1. The number of rotatable bonds is 4. The lowest BCUT2D eigenvalue weighted by molar-refractivity contribution is -0.118. The molecule has 1 atom stereocenters. The minimum Gasteiger partial charge on any atom is -0.379 e. The zero-order valence-corrected chi connectivity index (χ0v) is 13.5. The third kappa shape index (κ3) is 4.32. The van der Waals surface area contributed by atoms with Gasteiger partial charge < -0.3 is 10.1 Å². The number of amides is 1. The van der Waals surface area contributed by atoms with Gasteiger partial charge in [0.2, 0.25) is 5.91 Å². The van der Waals surface area contributed by atoms with Crippen LogP contribution in [0, 0.1) is 0 Å². The van der Waals surface area contributed by atoms with Crippen molar-refractivity contribution in [2.75, 3.05) is 38.2 Å². The Morgan fingerprint density at radius 3 is 2.77 bits per heavy atom. The number of ether oxygens (including phenoxy) is 1. The van der Waals surface area contributed by atoms with Gasteiger partial charge in [-0.1, -0.05) is 30.4 Å². The summed E-state index contributed by atoms with van der Waals surface area (Å²) < 4.78 is 5.31. The smallest absolute Gasteiger partial charge is 0.238 e. The van der Waals surface area contributed by atoms with Crippen LogP contribution in [0.15, 0.2) is 36.4 Å². The average Bonchev–Trinajstić information content (AvgIpc) is 3.03. The molecule has 1 fully saturated rings. The highest BCUT2D eigenvalue weighted by atomic mass is 35.5. The standard InChI is InChI=1S/C17H22N2O2.ClH/c20-17(13-19-9-11-21-12-10-19)18-16-8-4-3-7-15(16)14-5-1-2-6-14;/h1,3-5,7-8,14H,2,6,9-13H2,(H,18,20);1H. The zero-order valence-electron chi connectivity index (χ0n) is 12.7. The SMILES string of the molecule is Cl.O=C(CN1CCOCC1)Nc1ccccc1C1C=CCC1. The summed E-state index contributed by atoms with van der Waals surface area (Å²) in [5.41, 5.74) is 2.17. The molecular formula is C17H23ClN2O2. The maximum absolute atomic E-state index is 12.2. The Morgan fingerprint density at radius 2 is 2.05 bits per heavy atom. The Hall–Kier alpha value is -1.36. The second-order valence-electron chi connectivity index (χ2n) is 5.64. The van der Waals surface area contributed by atoms with E-state index in [1.54, 1.807) is 0 Å². The third-order valence-electron chi connectivity index (χ3n) is 4.12. The highest BCUT2D eigenvalue weighted by Gasteiger charge is 2.18. The van der Waals surface area contributed by atoms with Crippen molar-refractivity contribution in [3.8, 4) is 0 Å². The molecule has 1 amide bonds. The van der Waals surface area contributed by atoms with Crippen molar-refractivity contribution in [2.45, 2.75) is 18.8 Å². The van der Waals surface area contributed by atoms with Crippen LogP contribution in [-0.4, -0.2) is 43.7 Å². The topological polar surface area (TPSA) is 41.6 Å². The summed E-state index contributed by atoms with van der Waals surface area (Å²) in [6, 6.07) is 8.13. The van der Waals surface area contributed by atoms with Crippen LogP contribution >= 0.6 is 12.4 Å². The van der Waals surface area contributed by atoms with E-state index in [4.69, 9.17) is 4.74 Å². The molecule has 0 saturated carbocycles. The van der Waals surface area contributed by atoms with Crippen LogP contribution in [0.25, 0.3) is 0 Å². The van der Waals surface area contributed by atoms with Gasteiger partial charge >= 0.3 is 0 Å². The van der Waals surface area contributed by atoms with Crippen molar-refractivity contribution in [3.63, 3.8) is 0 Å². The number of para-hydroxylation sites is 1. The van der Waals surface area contributed by atoms with E-state index in [2.05, 4.69) is 28.4 Å². The van der Waals surface area contributed by atoms with E-state index in [1.807, 2.05) is 18.2 Å². The van der Waals surface area contributed by atoms with Crippen molar-refractivity contribution in [2.24, 2.45) is 0 Å². The molecule has 4 nitrogen and oxygen atoms in total. The van der Waals surface area contributed by atoms with E-state index in [0.717, 1.165) is 44.8 Å². The lowest BCUT2D eigenvalue weighted by atomic mass is 9.97. The normalized spacial score (nSPS) is 21.4. The first-order valence-electron chi connectivity index (χ1n) is 7.68. The number of benzene rings is 1. The van der Waals surface area contributed by atoms with Gasteiger partial charge in [0.05, 0.1) is 19.8 Å². The number of carbonyl (C=O) groups is 1. The molecule has 1 aromatic carbocycles. The molecule has 1 aliphatic heterocycles. The van der Waals surface area contributed by atoms with Gasteiger partial charge in [0.1, 0.15) is 0 Å². The molecule has 0 spiro atoms. The first-order valence-corrected chi connectivity index (χ1v) is 7.68. The molecule has 22 heavy (non-hydrogen) atoms. The monoisotopic (exact) mass is 322 g/mol. The predicted molar refractivity (Wildman–Crippen MR) is 90.7 cm³/mol. The Kier molecular flexibility index (Phi) is 6.43. The minimum absolute atomic E-state index is 0. The zero-order chi connectivity index (χ0) is 14.5. The van der Waals surface area contributed by atoms with Crippen LogP contribution in [0.4, 0.5) is 5.69 Å². The Labute approximate surface area is 137 Å². The number of carbonyl (C=O) groups excluding carboxylic acids is 1. The lowest BCUT2D eigenvalue weighted by Gasteiger charge is -2.26. The molecule has 1 N–H and O–H groups in total. The van der Waals surface area contributed by atoms with Crippen molar-refractivity contribution >= 4 is 24.0 Å². The number of morpholine rings is 1. The summed E-state index contributed by atoms with van der Waals surface area (Å²) in [6.45, 7) is 3.55. The Morgan fingerprint density at radius 1 is 1.27 bits per heavy atom. The molecular weight excluding hydrogens is 300 g/mol. The number of allylic oxidation sites excluding steroid dienone is 2. The van der Waals surface area contributed by atoms with Crippen LogP contribution in [0.1, 0.15) is 24.3 Å². The third-order valence-corrected chi connectivity index (χ3v) is 4.12. The molecule has 1 heterocycles. The van der Waals surface area contributed by atoms with Crippen LogP contribution in [0.3, 0.4) is 0 Å². The van der Waals surface area contributed by atoms with Crippen molar-refractivity contribution in [3.05, 3.63) is 42.0 Å². The molecule has 0 bridgehead atoms. The van der Waals surface area contributed by atoms with Crippen LogP contribution in [0.5, 0.6) is 0 Å². The van der Waals surface area contributed by atoms with Crippen LogP contribution < -0.4 is 5.32 Å². The van der Waals surface area contributed by atoms with Crippen LogP contribution in [0.2, 0.25) is 0 Å². The second-order valence-corrected chi connectivity index (χ2v) is 5.64. The van der Waals surface area contributed by atoms with E-state index in [1.165, 1.54) is 5.56 Å². The van der Waals surface area contributed by atoms with Gasteiger partial charge in [-0.3, -0.25) is 9.69 Å². The molecule has 3 rings (SSSR count). The number of hydrogen-bond donors (Lipinski definition) is 1. The number of nitrogens with one attached hydrogen (secondary N) is 1. The summed E-state index contributed by atoms with van der Waals surface area (Å²) in [7, 11) is 0. The molecule has 1 saturated heterocycles. The van der Waals surface area contributed by atoms with E-state index >= 15 is 0 Å². The summed E-state index contributed by atoms with van der Waals surface area (Å²) in [5, 5.41) is 3.08. The van der Waals surface area contributed by atoms with Gasteiger partial charge in [-0.25, -0.2) is 0 Å². The molecule has 120 valence electrons. The highest BCUT2D eigenvalue weighted by molar-refractivity contribution is 5.93. The number of halogens is 1. The second kappa shape index (κ2) is 8.32. The first-order chi connectivity index (χ1) is 10.3. The summed E-state index contributed by atoms with van der Waals surface area (Å²) in [6.07, 6.45) is 6.72. The quantitative estimate of drug-likeness (QED) is 0.867. The number of nitrogens with zero attached hydrogens (tertiary/aromatic N) is 1. The maximum atomic E-state index is 12.2. The summed E-state index contributed by atoms with van der Waals surface area (Å²) in [4.78, 5) is 14.4. The van der Waals surface area contributed by atoms with Gasteiger partial charge in [0, 0.05) is 24.7 Å². The Balaban J connectivity index is 0.00000176. The molecule has 1 unspecified atom stereocenters. The minimum atomic E-state index is 0. The molecule has 1 aromatic rings. The van der Waals surface area contributed by atoms with E-state index in [-0.39, 0.29) is 18.3 Å². The van der Waals surface area contributed by atoms with E-state index < -0.39 is 0 Å². The van der Waals surface area contributed by atoms with Gasteiger partial charge in [-0.15, -0.1) is 12.4 Å². The fourth-order valence-electron chi connectivity index (χ4n) is 2.98. The molecule has 0 aromatic heterocycles. The van der Waals surface area contributed by atoms with Crippen LogP contribution in [-0.2, 0) is 9.53 Å². The highest BCUT2D eigenvalue weighted by Crippen LogP contribution is 2.33. The maximum Gasteiger partial charge on any atom is 0.238 e. The fourth-order valence-corrected chi connectivity index (χ4v) is 2.98. The van der Waals surface area contributed by atoms with E-state index in [9.17, 15) is 4.79 Å². The average molecular weight is 323 g/mol. The van der Waals surface area contributed by atoms with Gasteiger partial charge in [0.25, 0.3) is 0 Å². The predicted octanol–water partition coefficient (Wildman–Crippen LogP) is 2.81. The molecule has 0 radical (unpaired) electrons. The van der Waals surface area contributed by atoms with Gasteiger partial charge in [-0.2, -0.15) is 0 Å². The number of hydrogen-bond acceptors (Lipinski definition) is 3. The van der Waals surface area contributed by atoms with E-state index in [0.29, 0.717) is 12.5 Å². The summed E-state index contributed by atoms with van der Waals surface area (Å²) in [5.74, 6) is 0.496. The first kappa shape index (κ1) is 17.0. The molecule has 5 heteroatoms.